The summed E-state index contributed by atoms with van der Waals surface area (Å²) in [6.07, 6.45) is 5.20. The molecule has 1 aliphatic rings. The molecule has 0 bridgehead atoms. The van der Waals surface area contributed by atoms with Crippen LogP contribution >= 0.6 is 0 Å². The van der Waals surface area contributed by atoms with Crippen molar-refractivity contribution in [2.45, 2.75) is 36.0 Å². The molecule has 11 aromatic rings. The summed E-state index contributed by atoms with van der Waals surface area (Å²) in [6.45, 7) is 0.0718. The van der Waals surface area contributed by atoms with E-state index >= 15 is 0 Å². The number of hydrogen-bond acceptors (Lipinski definition) is 14. The number of aromatic nitrogens is 7. The number of pyridine rings is 3. The van der Waals surface area contributed by atoms with E-state index in [0.29, 0.717) is 63.4 Å². The number of benzene rings is 6. The van der Waals surface area contributed by atoms with Gasteiger partial charge in [-0.3, -0.25) is 14.5 Å². The molecule has 15 heteroatoms. The molecule has 0 aliphatic carbocycles. The summed E-state index contributed by atoms with van der Waals surface area (Å²) < 4.78 is 46.7. The molecular weight excluding hydrogens is 1030 g/mol. The topological polar surface area (TPSA) is 159 Å². The van der Waals surface area contributed by atoms with Crippen molar-refractivity contribution in [2.75, 3.05) is 40.4 Å². The fourth-order valence-corrected chi connectivity index (χ4v) is 10.9. The van der Waals surface area contributed by atoms with Gasteiger partial charge in [0.15, 0.2) is 17.0 Å². The summed E-state index contributed by atoms with van der Waals surface area (Å²) >= 11 is 0. The van der Waals surface area contributed by atoms with Crippen LogP contribution in [0.5, 0.6) is 28.7 Å². The summed E-state index contributed by atoms with van der Waals surface area (Å²) in [5.74, 6) is 3.92. The third-order valence-electron chi connectivity index (χ3n) is 15.0. The van der Waals surface area contributed by atoms with Crippen LogP contribution in [-0.4, -0.2) is 81.7 Å². The van der Waals surface area contributed by atoms with Crippen LogP contribution in [0.4, 0.5) is 5.82 Å². The third-order valence-corrected chi connectivity index (χ3v) is 15.0. The normalized spacial score (nSPS) is 15.2. The standard InChI is InChI=1S/C67H58N8O7/c1-76-51-29-21-46(22-30-51)66(45-15-7-5-8-16-45,47-23-31-52(77-2)32-24-47)74-64-63-65(71-43-70-64)75(44-72-63)62-41-60(61(81-62)42-80-55-39-58(56-19-11-13-37-68-56)73-59(40-55)57-20-12-14-38-69-57)82-67(48-17-9-6-10-18-48,49-25-33-53(78-3)34-26-49)50-27-35-54(79-4)36-28-50/h5-40,43-44,60-62H,41-42H2,1-4H3,(H,70,71,74)/t60-,61+,62+/m0/s1. The Morgan fingerprint density at radius 1 is 0.488 bits per heavy atom. The number of methoxy groups -OCH3 is 4. The van der Waals surface area contributed by atoms with Gasteiger partial charge in [-0.1, -0.05) is 121 Å². The predicted molar refractivity (Wildman–Crippen MR) is 313 cm³/mol. The van der Waals surface area contributed by atoms with E-state index in [-0.39, 0.29) is 6.61 Å². The molecule has 82 heavy (non-hydrogen) atoms. The quantitative estimate of drug-likeness (QED) is 0.0718. The van der Waals surface area contributed by atoms with Crippen LogP contribution in [0.1, 0.15) is 46.0 Å². The Bertz CT molecular complexity index is 3730. The van der Waals surface area contributed by atoms with Crippen molar-refractivity contribution in [3.05, 3.63) is 265 Å². The Balaban J connectivity index is 0.976. The number of hydrogen-bond donors (Lipinski definition) is 1. The van der Waals surface area contributed by atoms with Gasteiger partial charge in [-0.15, -0.1) is 0 Å². The van der Waals surface area contributed by atoms with Crippen LogP contribution in [-0.2, 0) is 20.6 Å². The molecule has 6 heterocycles. The number of rotatable bonds is 20. The lowest BCUT2D eigenvalue weighted by Crippen LogP contribution is -2.41. The molecule has 5 aromatic heterocycles. The molecule has 1 N–H and O–H groups in total. The lowest BCUT2D eigenvalue weighted by molar-refractivity contribution is -0.0959. The van der Waals surface area contributed by atoms with E-state index in [1.807, 2.05) is 162 Å². The summed E-state index contributed by atoms with van der Waals surface area (Å²) in [7, 11) is 6.64. The predicted octanol–water partition coefficient (Wildman–Crippen LogP) is 12.5. The van der Waals surface area contributed by atoms with Crippen molar-refractivity contribution in [3.8, 4) is 51.5 Å². The maximum atomic E-state index is 7.89. The molecule has 1 aliphatic heterocycles. The average molecular weight is 1090 g/mol. The van der Waals surface area contributed by atoms with Crippen LogP contribution in [0.2, 0.25) is 0 Å². The SMILES string of the molecule is COc1ccc(C(Nc2ncnc3c2ncn3[C@H]2C[C@H](OC(c3ccccc3)(c3ccc(OC)cc3)c3ccc(OC)cc3)[C@@H](COc3cc(-c4ccccn4)nc(-c4ccccn4)c3)O2)(c2ccccc2)c2ccc(OC)cc2)cc1. The highest BCUT2D eigenvalue weighted by Gasteiger charge is 2.47. The lowest BCUT2D eigenvalue weighted by Gasteiger charge is -2.39. The Labute approximate surface area is 475 Å². The summed E-state index contributed by atoms with van der Waals surface area (Å²) in [5, 5.41) is 3.93. The van der Waals surface area contributed by atoms with Gasteiger partial charge in [0.25, 0.3) is 0 Å². The summed E-state index contributed by atoms with van der Waals surface area (Å²) in [4.78, 5) is 29.2. The molecule has 12 rings (SSSR count). The second kappa shape index (κ2) is 23.4. The first-order valence-corrected chi connectivity index (χ1v) is 26.8. The minimum Gasteiger partial charge on any atom is -0.497 e. The first-order valence-electron chi connectivity index (χ1n) is 26.8. The first-order chi connectivity index (χ1) is 40.4. The molecule has 6 aromatic carbocycles. The monoisotopic (exact) mass is 1090 g/mol. The van der Waals surface area contributed by atoms with Crippen LogP contribution in [0.3, 0.4) is 0 Å². The molecule has 15 nitrogen and oxygen atoms in total. The minimum absolute atomic E-state index is 0.0718. The van der Waals surface area contributed by atoms with E-state index in [0.717, 1.165) is 44.9 Å². The van der Waals surface area contributed by atoms with E-state index in [2.05, 4.69) is 63.8 Å². The van der Waals surface area contributed by atoms with E-state index in [4.69, 9.17) is 53.1 Å². The van der Waals surface area contributed by atoms with Gasteiger partial charge in [0, 0.05) is 30.9 Å². The number of nitrogens with zero attached hydrogens (tertiary/aromatic N) is 7. The van der Waals surface area contributed by atoms with E-state index in [1.54, 1.807) is 53.5 Å². The van der Waals surface area contributed by atoms with Gasteiger partial charge < -0.3 is 38.5 Å². The maximum absolute atomic E-state index is 7.89. The van der Waals surface area contributed by atoms with Crippen molar-refractivity contribution >= 4 is 17.0 Å². The van der Waals surface area contributed by atoms with E-state index in [1.165, 1.54) is 0 Å². The lowest BCUT2D eigenvalue weighted by atomic mass is 9.77. The number of imidazole rings is 1. The molecule has 0 amide bonds. The van der Waals surface area contributed by atoms with Crippen molar-refractivity contribution in [1.29, 1.82) is 0 Å². The molecular formula is C67H58N8O7. The van der Waals surface area contributed by atoms with Gasteiger partial charge in [0.2, 0.25) is 0 Å². The molecule has 1 fully saturated rings. The van der Waals surface area contributed by atoms with Crippen molar-refractivity contribution < 1.29 is 33.2 Å². The Morgan fingerprint density at radius 3 is 1.44 bits per heavy atom. The zero-order valence-corrected chi connectivity index (χ0v) is 45.6. The molecule has 0 unspecified atom stereocenters. The van der Waals surface area contributed by atoms with Gasteiger partial charge in [0.05, 0.1) is 63.6 Å². The average Bonchev–Trinajstić information content (AvgIpc) is 4.00. The molecule has 408 valence electrons. The summed E-state index contributed by atoms with van der Waals surface area (Å²) in [5.41, 5.74) is 6.97. The third kappa shape index (κ3) is 10.3. The second-order valence-electron chi connectivity index (χ2n) is 19.6. The van der Waals surface area contributed by atoms with Crippen LogP contribution < -0.4 is 29.0 Å². The fraction of sp³-hybridized carbons (Fsp3) is 0.164. The Hall–Kier alpha value is -9.96. The number of fused-ring (bicyclic) bond motifs is 1. The van der Waals surface area contributed by atoms with Gasteiger partial charge in [0.1, 0.15) is 65.2 Å². The molecule has 3 atom stereocenters. The van der Waals surface area contributed by atoms with Crippen LogP contribution in [0.15, 0.2) is 231 Å². The van der Waals surface area contributed by atoms with E-state index in [9.17, 15) is 0 Å². The first kappa shape index (κ1) is 52.7. The van der Waals surface area contributed by atoms with Crippen LogP contribution in [0.25, 0.3) is 33.9 Å². The van der Waals surface area contributed by atoms with Crippen molar-refractivity contribution in [2.24, 2.45) is 0 Å². The van der Waals surface area contributed by atoms with E-state index < -0.39 is 29.6 Å². The second-order valence-corrected chi connectivity index (χ2v) is 19.6. The van der Waals surface area contributed by atoms with Crippen molar-refractivity contribution in [1.82, 2.24) is 34.5 Å². The molecule has 0 saturated carbocycles. The fourth-order valence-electron chi connectivity index (χ4n) is 10.9. The molecule has 0 radical (unpaired) electrons. The maximum Gasteiger partial charge on any atom is 0.167 e. The highest BCUT2D eigenvalue weighted by Crippen LogP contribution is 2.47. The van der Waals surface area contributed by atoms with Crippen LogP contribution in [0, 0.1) is 0 Å². The van der Waals surface area contributed by atoms with Gasteiger partial charge >= 0.3 is 0 Å². The van der Waals surface area contributed by atoms with Crippen molar-refractivity contribution in [3.63, 3.8) is 0 Å². The Kier molecular flexibility index (Phi) is 15.0. The highest BCUT2D eigenvalue weighted by atomic mass is 16.6. The van der Waals surface area contributed by atoms with Gasteiger partial charge in [-0.05, 0) is 106 Å². The smallest absolute Gasteiger partial charge is 0.167 e. The summed E-state index contributed by atoms with van der Waals surface area (Å²) in [6, 6.07) is 67.8. The minimum atomic E-state index is -1.20. The largest absolute Gasteiger partial charge is 0.497 e. The number of ether oxygens (including phenoxy) is 7. The van der Waals surface area contributed by atoms with Gasteiger partial charge in [-0.2, -0.15) is 0 Å². The zero-order chi connectivity index (χ0) is 55.9. The molecule has 1 saturated heterocycles. The number of anilines is 1. The molecule has 0 spiro atoms. The van der Waals surface area contributed by atoms with Gasteiger partial charge in [-0.25, -0.2) is 19.9 Å². The number of nitrogens with one attached hydrogen (secondary N) is 1. The Morgan fingerprint density at radius 2 is 0.951 bits per heavy atom. The highest BCUT2D eigenvalue weighted by molar-refractivity contribution is 5.84. The zero-order valence-electron chi connectivity index (χ0n) is 45.6.